The van der Waals surface area contributed by atoms with Gasteiger partial charge in [-0.1, -0.05) is 41.9 Å². The third-order valence-corrected chi connectivity index (χ3v) is 5.72. The first kappa shape index (κ1) is 25.4. The molecule has 0 N–H and O–H groups in total. The number of hydrogen-bond acceptors (Lipinski definition) is 5. The Kier molecular flexibility index (Phi) is 8.45. The SMILES string of the molecule is CC(C)N(C(=O)COC(=O)CCc1nc2cc(Cl)ccc2n(Cc2ccccc2)c1=O)C(C)C. The quantitative estimate of drug-likeness (QED) is 0.425. The number of aromatic nitrogens is 2. The molecule has 7 nitrogen and oxygen atoms in total. The molecule has 0 aliphatic carbocycles. The minimum atomic E-state index is -0.553. The Bertz CT molecular complexity index is 1210. The molecule has 0 unspecified atom stereocenters. The van der Waals surface area contributed by atoms with Gasteiger partial charge >= 0.3 is 5.97 Å². The summed E-state index contributed by atoms with van der Waals surface area (Å²) < 4.78 is 6.83. The van der Waals surface area contributed by atoms with Crippen molar-refractivity contribution in [1.82, 2.24) is 14.5 Å². The van der Waals surface area contributed by atoms with Crippen LogP contribution in [0.1, 0.15) is 45.4 Å². The van der Waals surface area contributed by atoms with E-state index in [0.29, 0.717) is 22.6 Å². The van der Waals surface area contributed by atoms with E-state index in [-0.39, 0.29) is 48.7 Å². The highest BCUT2D eigenvalue weighted by Gasteiger charge is 2.21. The molecule has 0 spiro atoms. The summed E-state index contributed by atoms with van der Waals surface area (Å²) in [4.78, 5) is 44.2. The van der Waals surface area contributed by atoms with Crippen LogP contribution < -0.4 is 5.56 Å². The van der Waals surface area contributed by atoms with Gasteiger partial charge < -0.3 is 14.2 Å². The van der Waals surface area contributed by atoms with Crippen LogP contribution in [-0.2, 0) is 27.3 Å². The molecule has 34 heavy (non-hydrogen) atoms. The van der Waals surface area contributed by atoms with Crippen molar-refractivity contribution in [3.05, 3.63) is 75.2 Å². The van der Waals surface area contributed by atoms with Crippen molar-refractivity contribution in [1.29, 1.82) is 0 Å². The third-order valence-electron chi connectivity index (χ3n) is 5.48. The predicted octanol–water partition coefficient (Wildman–Crippen LogP) is 4.22. The van der Waals surface area contributed by atoms with E-state index in [4.69, 9.17) is 16.3 Å². The summed E-state index contributed by atoms with van der Waals surface area (Å²) in [5.41, 5.74) is 2.19. The van der Waals surface area contributed by atoms with Gasteiger partial charge in [-0.25, -0.2) is 4.98 Å². The summed E-state index contributed by atoms with van der Waals surface area (Å²) in [7, 11) is 0. The van der Waals surface area contributed by atoms with Gasteiger partial charge in [0.25, 0.3) is 11.5 Å². The van der Waals surface area contributed by atoms with Crippen LogP contribution in [-0.4, -0.2) is 45.0 Å². The van der Waals surface area contributed by atoms with Crippen molar-refractivity contribution in [2.45, 2.75) is 59.2 Å². The number of rotatable bonds is 9. The van der Waals surface area contributed by atoms with Gasteiger partial charge in [0.2, 0.25) is 0 Å². The fraction of sp³-hybridized carbons (Fsp3) is 0.385. The number of nitrogens with zero attached hydrogens (tertiary/aromatic N) is 3. The monoisotopic (exact) mass is 483 g/mol. The number of carbonyl (C=O) groups excluding carboxylic acids is 2. The Balaban J connectivity index is 1.77. The second kappa shape index (κ2) is 11.3. The first-order valence-electron chi connectivity index (χ1n) is 11.4. The highest BCUT2D eigenvalue weighted by Crippen LogP contribution is 2.18. The van der Waals surface area contributed by atoms with E-state index >= 15 is 0 Å². The summed E-state index contributed by atoms with van der Waals surface area (Å²) in [5.74, 6) is -0.801. The van der Waals surface area contributed by atoms with Crippen LogP contribution in [0.25, 0.3) is 11.0 Å². The molecular weight excluding hydrogens is 454 g/mol. The molecule has 0 aliphatic rings. The van der Waals surface area contributed by atoms with E-state index < -0.39 is 5.97 Å². The Morgan fingerprint density at radius 2 is 1.74 bits per heavy atom. The second-order valence-corrected chi connectivity index (χ2v) is 9.15. The largest absolute Gasteiger partial charge is 0.456 e. The van der Waals surface area contributed by atoms with Crippen molar-refractivity contribution < 1.29 is 14.3 Å². The Morgan fingerprint density at radius 3 is 2.38 bits per heavy atom. The lowest BCUT2D eigenvalue weighted by Crippen LogP contribution is -2.44. The lowest BCUT2D eigenvalue weighted by atomic mass is 10.2. The molecule has 1 aromatic heterocycles. The summed E-state index contributed by atoms with van der Waals surface area (Å²) in [6.45, 7) is 7.70. The number of halogens is 1. The van der Waals surface area contributed by atoms with E-state index in [9.17, 15) is 14.4 Å². The van der Waals surface area contributed by atoms with Gasteiger partial charge in [0.15, 0.2) is 6.61 Å². The van der Waals surface area contributed by atoms with E-state index in [1.165, 1.54) is 0 Å². The highest BCUT2D eigenvalue weighted by atomic mass is 35.5. The number of aryl methyl sites for hydroxylation is 1. The van der Waals surface area contributed by atoms with Gasteiger partial charge in [-0.2, -0.15) is 0 Å². The maximum absolute atomic E-state index is 13.2. The Hall–Kier alpha value is -3.19. The maximum Gasteiger partial charge on any atom is 0.306 e. The van der Waals surface area contributed by atoms with Gasteiger partial charge in [0.1, 0.15) is 5.69 Å². The first-order chi connectivity index (χ1) is 16.2. The summed E-state index contributed by atoms with van der Waals surface area (Å²) in [6, 6.07) is 14.8. The van der Waals surface area contributed by atoms with Crippen LogP contribution in [0, 0.1) is 0 Å². The number of fused-ring (bicyclic) bond motifs is 1. The summed E-state index contributed by atoms with van der Waals surface area (Å²) >= 11 is 6.15. The topological polar surface area (TPSA) is 81.5 Å². The van der Waals surface area contributed by atoms with Gasteiger partial charge in [0, 0.05) is 23.5 Å². The van der Waals surface area contributed by atoms with Crippen LogP contribution in [0.15, 0.2) is 53.3 Å². The van der Waals surface area contributed by atoms with Crippen LogP contribution in [0.5, 0.6) is 0 Å². The van der Waals surface area contributed by atoms with Gasteiger partial charge in [-0.05, 0) is 51.5 Å². The lowest BCUT2D eigenvalue weighted by molar-refractivity contribution is -0.153. The average Bonchev–Trinajstić information content (AvgIpc) is 2.78. The number of ether oxygens (including phenoxy) is 1. The molecule has 0 atom stereocenters. The predicted molar refractivity (Wildman–Crippen MR) is 133 cm³/mol. The molecule has 0 aliphatic heterocycles. The first-order valence-corrected chi connectivity index (χ1v) is 11.7. The van der Waals surface area contributed by atoms with Gasteiger partial charge in [0.05, 0.1) is 24.0 Å². The smallest absolute Gasteiger partial charge is 0.306 e. The van der Waals surface area contributed by atoms with E-state index in [2.05, 4.69) is 4.98 Å². The van der Waals surface area contributed by atoms with Gasteiger partial charge in [-0.3, -0.25) is 14.4 Å². The van der Waals surface area contributed by atoms with Crippen molar-refractivity contribution in [3.8, 4) is 0 Å². The maximum atomic E-state index is 13.2. The molecule has 0 radical (unpaired) electrons. The van der Waals surface area contributed by atoms with Crippen molar-refractivity contribution in [2.24, 2.45) is 0 Å². The number of carbonyl (C=O) groups is 2. The molecule has 3 rings (SSSR count). The van der Waals surface area contributed by atoms with Crippen molar-refractivity contribution in [3.63, 3.8) is 0 Å². The van der Waals surface area contributed by atoms with Crippen LogP contribution >= 0.6 is 11.6 Å². The van der Waals surface area contributed by atoms with Gasteiger partial charge in [-0.15, -0.1) is 0 Å². The second-order valence-electron chi connectivity index (χ2n) is 8.72. The number of hydrogen-bond donors (Lipinski definition) is 0. The average molecular weight is 484 g/mol. The normalized spacial score (nSPS) is 11.3. The molecule has 0 fully saturated rings. The molecule has 1 amide bonds. The molecular formula is C26H30ClN3O4. The van der Waals surface area contributed by atoms with Crippen molar-refractivity contribution in [2.75, 3.05) is 6.61 Å². The molecule has 0 bridgehead atoms. The summed E-state index contributed by atoms with van der Waals surface area (Å²) in [5, 5.41) is 0.508. The number of benzene rings is 2. The standard InChI is InChI=1S/C26H30ClN3O4/c1-17(2)30(18(3)4)24(31)16-34-25(32)13-11-21-26(33)29(15-19-8-6-5-7-9-19)23-12-10-20(27)14-22(23)28-21/h5-10,12,14,17-18H,11,13,15-16H2,1-4H3. The fourth-order valence-corrected chi connectivity index (χ4v) is 4.21. The van der Waals surface area contributed by atoms with Crippen LogP contribution in [0.4, 0.5) is 0 Å². The molecule has 2 aromatic carbocycles. The minimum Gasteiger partial charge on any atom is -0.456 e. The lowest BCUT2D eigenvalue weighted by Gasteiger charge is -2.30. The summed E-state index contributed by atoms with van der Waals surface area (Å²) in [6.07, 6.45) is 0.0391. The zero-order valence-electron chi connectivity index (χ0n) is 20.0. The third kappa shape index (κ3) is 6.23. The molecule has 8 heteroatoms. The highest BCUT2D eigenvalue weighted by molar-refractivity contribution is 6.31. The number of esters is 1. The molecule has 0 saturated carbocycles. The van der Waals surface area contributed by atoms with Crippen molar-refractivity contribution >= 4 is 34.5 Å². The minimum absolute atomic E-state index is 0.00269. The van der Waals surface area contributed by atoms with E-state index in [1.54, 1.807) is 27.7 Å². The van der Waals surface area contributed by atoms with Crippen LogP contribution in [0.3, 0.4) is 0 Å². The Morgan fingerprint density at radius 1 is 1.06 bits per heavy atom. The Labute approximate surface area is 204 Å². The molecule has 3 aromatic rings. The molecule has 1 heterocycles. The van der Waals surface area contributed by atoms with E-state index in [1.807, 2.05) is 58.0 Å². The van der Waals surface area contributed by atoms with Crippen LogP contribution in [0.2, 0.25) is 5.02 Å². The zero-order valence-corrected chi connectivity index (χ0v) is 20.7. The molecule has 180 valence electrons. The fourth-order valence-electron chi connectivity index (χ4n) is 4.04. The molecule has 0 saturated heterocycles. The van der Waals surface area contributed by atoms with E-state index in [0.717, 1.165) is 5.56 Å². The zero-order chi connectivity index (χ0) is 24.8. The number of amides is 1.